The minimum absolute atomic E-state index is 0.00321. The lowest BCUT2D eigenvalue weighted by molar-refractivity contribution is 0.624. The van der Waals surface area contributed by atoms with Crippen LogP contribution >= 0.6 is 12.2 Å². The highest BCUT2D eigenvalue weighted by Crippen LogP contribution is 2.33. The molecule has 17 heteroatoms. The molecular weight excluding hydrogens is 859 g/mol. The molecule has 9 rings (SSSR count). The fourth-order valence-corrected chi connectivity index (χ4v) is 7.94. The molecule has 0 spiro atoms. The largest absolute Gasteiger partial charge is 0.351 e. The lowest BCUT2D eigenvalue weighted by Gasteiger charge is -2.16. The Balaban J connectivity index is 0.000000180. The van der Waals surface area contributed by atoms with Gasteiger partial charge in [-0.3, -0.25) is 27.5 Å². The van der Waals surface area contributed by atoms with E-state index in [0.717, 1.165) is 33.6 Å². The molecule has 66 heavy (non-hydrogen) atoms. The molecule has 0 saturated heterocycles. The summed E-state index contributed by atoms with van der Waals surface area (Å²) in [5, 5.41) is 6.44. The third kappa shape index (κ3) is 8.26. The van der Waals surface area contributed by atoms with Gasteiger partial charge in [-0.05, 0) is 111 Å². The van der Waals surface area contributed by atoms with Crippen molar-refractivity contribution in [1.82, 2.24) is 37.9 Å². The third-order valence-electron chi connectivity index (χ3n) is 11.0. The van der Waals surface area contributed by atoms with E-state index in [1.54, 1.807) is 45.9 Å². The summed E-state index contributed by atoms with van der Waals surface area (Å²) in [4.78, 5) is 49.7. The van der Waals surface area contributed by atoms with Gasteiger partial charge in [-0.2, -0.15) is 0 Å². The zero-order chi connectivity index (χ0) is 47.0. The number of imidazole rings is 1. The first-order valence-electron chi connectivity index (χ1n) is 20.7. The second-order valence-electron chi connectivity index (χ2n) is 15.4. The van der Waals surface area contributed by atoms with Crippen LogP contribution in [-0.2, 0) is 12.8 Å². The molecule has 0 aliphatic carbocycles. The molecule has 0 radical (unpaired) electrons. The van der Waals surface area contributed by atoms with Gasteiger partial charge >= 0.3 is 0 Å². The molecule has 0 unspecified atom stereocenters. The molecule has 328 valence electrons. The van der Waals surface area contributed by atoms with Crippen LogP contribution in [0.15, 0.2) is 107 Å². The standard InChI is InChI=1S/C25H19FN6OS.C24H21FN6O/c1-5-16-11-21(33)30-13-18(12-19(26)23(30)29-16)31-22-14(2)8-9-28-24(22)32(25(31)34)17-6-7-20(27-4)15(3)10-17;1-5-16-12-21(32)31-13-18(11-19(25)24(31)30-16)28-22-14(2)8-9-27-23(22)29-17-6-7-20(26-4)15(3)10-17/h6-13H,5H2,1-3H3;6-13,28H,5H2,1-3H3,(H,27,29). The second kappa shape index (κ2) is 18.0. The van der Waals surface area contributed by atoms with Crippen molar-refractivity contribution in [2.75, 3.05) is 10.6 Å². The predicted octanol–water partition coefficient (Wildman–Crippen LogP) is 10.9. The van der Waals surface area contributed by atoms with E-state index in [9.17, 15) is 14.0 Å². The summed E-state index contributed by atoms with van der Waals surface area (Å²) < 4.78 is 36.3. The maximum absolute atomic E-state index is 15.2. The zero-order valence-corrected chi connectivity index (χ0v) is 37.4. The monoisotopic (exact) mass is 898 g/mol. The molecule has 0 saturated carbocycles. The molecule has 7 aromatic heterocycles. The van der Waals surface area contributed by atoms with E-state index < -0.39 is 11.6 Å². The maximum atomic E-state index is 15.2. The average molecular weight is 899 g/mol. The van der Waals surface area contributed by atoms with Gasteiger partial charge in [0.2, 0.25) is 0 Å². The van der Waals surface area contributed by atoms with Crippen LogP contribution < -0.4 is 21.8 Å². The second-order valence-corrected chi connectivity index (χ2v) is 15.8. The van der Waals surface area contributed by atoms with Gasteiger partial charge in [0.1, 0.15) is 0 Å². The molecule has 0 atom stereocenters. The van der Waals surface area contributed by atoms with Crippen LogP contribution in [0.25, 0.3) is 43.5 Å². The van der Waals surface area contributed by atoms with Gasteiger partial charge in [-0.15, -0.1) is 0 Å². The Morgan fingerprint density at radius 2 is 1.21 bits per heavy atom. The molecule has 0 amide bonds. The highest BCUT2D eigenvalue weighted by molar-refractivity contribution is 7.71. The number of pyridine rings is 4. The number of fused-ring (bicyclic) bond motifs is 3. The third-order valence-corrected chi connectivity index (χ3v) is 11.4. The van der Waals surface area contributed by atoms with E-state index in [0.29, 0.717) is 74.4 Å². The number of rotatable bonds is 8. The Labute approximate surface area is 381 Å². The number of aryl methyl sites for hydroxylation is 6. The van der Waals surface area contributed by atoms with Gasteiger partial charge < -0.3 is 10.6 Å². The van der Waals surface area contributed by atoms with Gasteiger partial charge in [-0.25, -0.2) is 38.4 Å². The summed E-state index contributed by atoms with van der Waals surface area (Å²) in [6.45, 7) is 25.8. The first kappa shape index (κ1) is 44.2. The van der Waals surface area contributed by atoms with E-state index in [2.05, 4.69) is 40.3 Å². The number of nitrogens with one attached hydrogen (secondary N) is 2. The number of hydrogen-bond acceptors (Lipinski definition) is 9. The molecule has 0 aliphatic heterocycles. The zero-order valence-electron chi connectivity index (χ0n) is 36.6. The van der Waals surface area contributed by atoms with Crippen molar-refractivity contribution >= 4 is 68.9 Å². The fourth-order valence-electron chi connectivity index (χ4n) is 7.55. The highest BCUT2D eigenvalue weighted by atomic mass is 32.1. The summed E-state index contributed by atoms with van der Waals surface area (Å²) in [6.07, 6.45) is 7.51. The molecule has 14 nitrogen and oxygen atoms in total. The van der Waals surface area contributed by atoms with E-state index in [1.807, 2.05) is 71.9 Å². The van der Waals surface area contributed by atoms with Crippen LogP contribution in [-0.4, -0.2) is 37.9 Å². The van der Waals surface area contributed by atoms with Gasteiger partial charge in [0, 0.05) is 71.8 Å². The van der Waals surface area contributed by atoms with Crippen LogP contribution in [0.4, 0.5) is 43.0 Å². The van der Waals surface area contributed by atoms with Crippen molar-refractivity contribution in [1.29, 1.82) is 0 Å². The van der Waals surface area contributed by atoms with E-state index in [4.69, 9.17) is 25.4 Å². The smallest absolute Gasteiger partial charge is 0.258 e. The van der Waals surface area contributed by atoms with Crippen LogP contribution in [0.5, 0.6) is 0 Å². The highest BCUT2D eigenvalue weighted by Gasteiger charge is 2.20. The maximum Gasteiger partial charge on any atom is 0.258 e. The summed E-state index contributed by atoms with van der Waals surface area (Å²) in [5.74, 6) is -0.678. The van der Waals surface area contributed by atoms with Crippen molar-refractivity contribution in [3.8, 4) is 11.4 Å². The summed E-state index contributed by atoms with van der Waals surface area (Å²) >= 11 is 5.86. The minimum atomic E-state index is -0.619. The first-order valence-corrected chi connectivity index (χ1v) is 21.1. The number of hydrogen-bond donors (Lipinski definition) is 2. The van der Waals surface area contributed by atoms with Gasteiger partial charge in [-0.1, -0.05) is 26.0 Å². The topological polar surface area (TPSA) is 137 Å². The molecule has 9 aromatic rings. The molecule has 7 heterocycles. The average Bonchev–Trinajstić information content (AvgIpc) is 3.60. The summed E-state index contributed by atoms with van der Waals surface area (Å²) in [7, 11) is 0. The molecule has 0 fully saturated rings. The van der Waals surface area contributed by atoms with Crippen LogP contribution in [0, 0.1) is 57.2 Å². The molecule has 0 bridgehead atoms. The van der Waals surface area contributed by atoms with Gasteiger partial charge in [0.05, 0.1) is 35.7 Å². The van der Waals surface area contributed by atoms with Gasteiger partial charge in [0.25, 0.3) is 11.1 Å². The molecule has 2 aromatic carbocycles. The number of aromatic nitrogens is 8. The summed E-state index contributed by atoms with van der Waals surface area (Å²) in [5.41, 5.74) is 9.13. The van der Waals surface area contributed by atoms with Crippen molar-refractivity contribution < 1.29 is 8.78 Å². The Bertz CT molecular complexity index is 3710. The number of halogens is 2. The van der Waals surface area contributed by atoms with Crippen molar-refractivity contribution in [3.05, 3.63) is 191 Å². The van der Waals surface area contributed by atoms with Crippen molar-refractivity contribution in [2.24, 2.45) is 0 Å². The first-order chi connectivity index (χ1) is 31.7. The van der Waals surface area contributed by atoms with E-state index in [-0.39, 0.29) is 22.4 Å². The normalized spacial score (nSPS) is 11.0. The predicted molar refractivity (Wildman–Crippen MR) is 255 cm³/mol. The molecular formula is C49H40F2N12O2S. The SMILES string of the molecule is [C-]#[N+]c1ccc(-n2c(=S)n(-c3cc(F)c4nc(CC)cc(=O)n4c3)c3c(C)ccnc32)cc1C.[C-]#[N+]c1ccc(Nc2nccc(C)c2Nc2cc(F)c3nc(CC)cc(=O)n3c2)cc1C. The van der Waals surface area contributed by atoms with Crippen molar-refractivity contribution in [2.45, 2.75) is 54.4 Å². The number of anilines is 4. The number of benzene rings is 2. The van der Waals surface area contributed by atoms with Crippen molar-refractivity contribution in [3.63, 3.8) is 0 Å². The Morgan fingerprint density at radius 3 is 1.83 bits per heavy atom. The molecule has 0 aliphatic rings. The van der Waals surface area contributed by atoms with E-state index >= 15 is 4.39 Å². The number of nitrogens with zero attached hydrogens (tertiary/aromatic N) is 10. The van der Waals surface area contributed by atoms with Gasteiger partial charge in [0.15, 0.2) is 50.5 Å². The quantitative estimate of drug-likeness (QED) is 0.113. The lowest BCUT2D eigenvalue weighted by Crippen LogP contribution is -2.17. The van der Waals surface area contributed by atoms with Crippen LogP contribution in [0.1, 0.15) is 47.5 Å². The minimum Gasteiger partial charge on any atom is -0.351 e. The Hall–Kier alpha value is -8.41. The van der Waals surface area contributed by atoms with Crippen LogP contribution in [0.3, 0.4) is 0 Å². The Kier molecular flexibility index (Phi) is 12.1. The van der Waals surface area contributed by atoms with E-state index in [1.165, 1.54) is 39.3 Å². The fraction of sp³-hybridized carbons (Fsp3) is 0.163. The molecule has 2 N–H and O–H groups in total. The van der Waals surface area contributed by atoms with Crippen LogP contribution in [0.2, 0.25) is 0 Å². The summed E-state index contributed by atoms with van der Waals surface area (Å²) in [6, 6.07) is 20.0. The Morgan fingerprint density at radius 1 is 0.621 bits per heavy atom. The lowest BCUT2D eigenvalue weighted by atomic mass is 10.1.